The van der Waals surface area contributed by atoms with Gasteiger partial charge in [-0.05, 0) is 36.8 Å². The van der Waals surface area contributed by atoms with E-state index in [-0.39, 0.29) is 27.3 Å². The summed E-state index contributed by atoms with van der Waals surface area (Å²) < 4.78 is 27.8. The van der Waals surface area contributed by atoms with Crippen LogP contribution in [0.4, 0.5) is 8.78 Å². The topological polar surface area (TPSA) is 37.3 Å². The lowest BCUT2D eigenvalue weighted by Gasteiger charge is -2.10. The Kier molecular flexibility index (Phi) is 3.53. The van der Waals surface area contributed by atoms with Crippen molar-refractivity contribution in [3.8, 4) is 11.1 Å². The van der Waals surface area contributed by atoms with E-state index in [1.165, 1.54) is 25.1 Å². The third kappa shape index (κ3) is 2.44. The molecule has 0 aliphatic carbocycles. The summed E-state index contributed by atoms with van der Waals surface area (Å²) >= 11 is 5.91. The van der Waals surface area contributed by atoms with Crippen molar-refractivity contribution in [1.29, 1.82) is 0 Å². The second kappa shape index (κ2) is 4.97. The number of aryl methyl sites for hydroxylation is 1. The molecule has 1 N–H and O–H groups in total. The van der Waals surface area contributed by atoms with Crippen LogP contribution < -0.4 is 0 Å². The van der Waals surface area contributed by atoms with E-state index in [1.54, 1.807) is 0 Å². The van der Waals surface area contributed by atoms with E-state index in [1.807, 2.05) is 0 Å². The molecule has 0 bridgehead atoms. The van der Waals surface area contributed by atoms with E-state index < -0.39 is 17.6 Å². The van der Waals surface area contributed by atoms with Crippen LogP contribution in [0.15, 0.2) is 30.3 Å². The average molecular weight is 283 g/mol. The van der Waals surface area contributed by atoms with E-state index in [4.69, 9.17) is 16.7 Å². The van der Waals surface area contributed by atoms with Crippen LogP contribution in [0, 0.1) is 18.6 Å². The fourth-order valence-electron chi connectivity index (χ4n) is 1.75. The van der Waals surface area contributed by atoms with Crippen molar-refractivity contribution in [1.82, 2.24) is 0 Å². The summed E-state index contributed by atoms with van der Waals surface area (Å²) in [5.74, 6) is -2.72. The first kappa shape index (κ1) is 13.5. The molecule has 0 amide bonds. The van der Waals surface area contributed by atoms with Crippen LogP contribution in [0.2, 0.25) is 5.02 Å². The molecule has 0 saturated carbocycles. The van der Waals surface area contributed by atoms with E-state index in [9.17, 15) is 13.6 Å². The Labute approximate surface area is 113 Å². The molecule has 0 unspecified atom stereocenters. The maximum absolute atomic E-state index is 14.0. The largest absolute Gasteiger partial charge is 0.478 e. The molecule has 0 fully saturated rings. The first-order valence-electron chi connectivity index (χ1n) is 5.39. The normalized spacial score (nSPS) is 10.5. The minimum Gasteiger partial charge on any atom is -0.478 e. The quantitative estimate of drug-likeness (QED) is 0.892. The lowest BCUT2D eigenvalue weighted by molar-refractivity contribution is 0.0697. The summed E-state index contributed by atoms with van der Waals surface area (Å²) in [5, 5.41) is 9.00. The molecule has 0 aliphatic heterocycles. The zero-order valence-corrected chi connectivity index (χ0v) is 10.6. The predicted octanol–water partition coefficient (Wildman–Crippen LogP) is 4.29. The van der Waals surface area contributed by atoms with Crippen molar-refractivity contribution in [3.05, 3.63) is 58.1 Å². The summed E-state index contributed by atoms with van der Waals surface area (Å²) in [4.78, 5) is 10.9. The number of carboxylic acids is 1. The van der Waals surface area contributed by atoms with Crippen molar-refractivity contribution in [2.75, 3.05) is 0 Å². The summed E-state index contributed by atoms with van der Waals surface area (Å²) in [6, 6.07) is 6.17. The molecule has 0 atom stereocenters. The number of benzene rings is 2. The van der Waals surface area contributed by atoms with Crippen LogP contribution in [0.25, 0.3) is 11.1 Å². The van der Waals surface area contributed by atoms with Gasteiger partial charge in [-0.3, -0.25) is 0 Å². The summed E-state index contributed by atoms with van der Waals surface area (Å²) in [5.41, 5.74) is -0.110. The van der Waals surface area contributed by atoms with Gasteiger partial charge in [0.25, 0.3) is 0 Å². The van der Waals surface area contributed by atoms with Crippen LogP contribution >= 0.6 is 11.6 Å². The fourth-order valence-corrected chi connectivity index (χ4v) is 1.97. The van der Waals surface area contributed by atoms with Gasteiger partial charge in [-0.15, -0.1) is 0 Å². The number of hydrogen-bond acceptors (Lipinski definition) is 1. The molecule has 19 heavy (non-hydrogen) atoms. The van der Waals surface area contributed by atoms with Gasteiger partial charge in [0.1, 0.15) is 11.6 Å². The van der Waals surface area contributed by atoms with Crippen LogP contribution in [0.5, 0.6) is 0 Å². The molecule has 0 spiro atoms. The molecule has 2 aromatic carbocycles. The second-order valence-corrected chi connectivity index (χ2v) is 4.46. The van der Waals surface area contributed by atoms with Gasteiger partial charge in [-0.1, -0.05) is 17.7 Å². The molecular formula is C14H9ClF2O2. The number of aromatic carboxylic acids is 1. The van der Waals surface area contributed by atoms with E-state index in [0.29, 0.717) is 0 Å². The average Bonchev–Trinajstić information content (AvgIpc) is 2.36. The molecule has 98 valence electrons. The zero-order chi connectivity index (χ0) is 14.2. The predicted molar refractivity (Wildman–Crippen MR) is 68.5 cm³/mol. The molecule has 0 heterocycles. The van der Waals surface area contributed by atoms with Crippen molar-refractivity contribution in [2.24, 2.45) is 0 Å². The Bertz CT molecular complexity index is 669. The fraction of sp³-hybridized carbons (Fsp3) is 0.0714. The third-order valence-corrected chi connectivity index (χ3v) is 3.10. The van der Waals surface area contributed by atoms with E-state index in [0.717, 1.165) is 12.1 Å². The third-order valence-electron chi connectivity index (χ3n) is 2.77. The molecule has 0 radical (unpaired) electrons. The minimum atomic E-state index is -1.19. The lowest BCUT2D eigenvalue weighted by atomic mass is 10.00. The highest BCUT2D eigenvalue weighted by Crippen LogP contribution is 2.34. The Morgan fingerprint density at radius 2 is 1.89 bits per heavy atom. The van der Waals surface area contributed by atoms with Gasteiger partial charge in [-0.2, -0.15) is 0 Å². The maximum Gasteiger partial charge on any atom is 0.335 e. The van der Waals surface area contributed by atoms with Gasteiger partial charge in [0.2, 0.25) is 0 Å². The zero-order valence-electron chi connectivity index (χ0n) is 9.88. The van der Waals surface area contributed by atoms with Gasteiger partial charge in [0.15, 0.2) is 0 Å². The van der Waals surface area contributed by atoms with Crippen molar-refractivity contribution < 1.29 is 18.7 Å². The molecular weight excluding hydrogens is 274 g/mol. The number of halogens is 3. The Hall–Kier alpha value is -1.94. The smallest absolute Gasteiger partial charge is 0.335 e. The Morgan fingerprint density at radius 3 is 2.53 bits per heavy atom. The lowest BCUT2D eigenvalue weighted by Crippen LogP contribution is -1.99. The van der Waals surface area contributed by atoms with Crippen LogP contribution in [0.3, 0.4) is 0 Å². The Balaban J connectivity index is 2.75. The highest BCUT2D eigenvalue weighted by atomic mass is 35.5. The summed E-state index contributed by atoms with van der Waals surface area (Å²) in [6.45, 7) is 1.49. The Morgan fingerprint density at radius 1 is 1.21 bits per heavy atom. The van der Waals surface area contributed by atoms with Crippen LogP contribution in [0.1, 0.15) is 15.9 Å². The van der Waals surface area contributed by atoms with Crippen LogP contribution in [-0.4, -0.2) is 11.1 Å². The van der Waals surface area contributed by atoms with Crippen LogP contribution in [-0.2, 0) is 0 Å². The monoisotopic (exact) mass is 282 g/mol. The molecule has 2 aromatic rings. The standard InChI is InChI=1S/C14H9ClF2O2/c1-7-2-5-11(16)12(13(7)17)9-6-8(14(18)19)3-4-10(9)15/h2-6H,1H3,(H,18,19). The SMILES string of the molecule is Cc1ccc(F)c(-c2cc(C(=O)O)ccc2Cl)c1F. The van der Waals surface area contributed by atoms with E-state index >= 15 is 0 Å². The first-order chi connectivity index (χ1) is 8.91. The molecule has 0 aliphatic rings. The molecule has 2 nitrogen and oxygen atoms in total. The summed E-state index contributed by atoms with van der Waals surface area (Å²) in [7, 11) is 0. The van der Waals surface area contributed by atoms with Gasteiger partial charge < -0.3 is 5.11 Å². The molecule has 0 aromatic heterocycles. The van der Waals surface area contributed by atoms with Crippen molar-refractivity contribution in [2.45, 2.75) is 6.92 Å². The first-order valence-corrected chi connectivity index (χ1v) is 5.77. The number of rotatable bonds is 2. The van der Waals surface area contributed by atoms with Gasteiger partial charge in [-0.25, -0.2) is 13.6 Å². The highest BCUT2D eigenvalue weighted by molar-refractivity contribution is 6.33. The molecule has 5 heteroatoms. The maximum atomic E-state index is 14.0. The van der Waals surface area contributed by atoms with E-state index in [2.05, 4.69) is 0 Å². The minimum absolute atomic E-state index is 0.0280. The van der Waals surface area contributed by atoms with Crippen molar-refractivity contribution in [3.63, 3.8) is 0 Å². The summed E-state index contributed by atoms with van der Waals surface area (Å²) in [6.07, 6.45) is 0. The number of carbonyl (C=O) groups is 1. The van der Waals surface area contributed by atoms with Crippen molar-refractivity contribution >= 4 is 17.6 Å². The number of carboxylic acid groups (broad SMARTS) is 1. The van der Waals surface area contributed by atoms with Gasteiger partial charge in [0.05, 0.1) is 11.1 Å². The molecule has 2 rings (SSSR count). The second-order valence-electron chi connectivity index (χ2n) is 4.05. The van der Waals surface area contributed by atoms with Gasteiger partial charge in [0, 0.05) is 10.6 Å². The van der Waals surface area contributed by atoms with Gasteiger partial charge >= 0.3 is 5.97 Å². The molecule has 0 saturated heterocycles. The number of hydrogen-bond donors (Lipinski definition) is 1. The highest BCUT2D eigenvalue weighted by Gasteiger charge is 2.17.